The summed E-state index contributed by atoms with van der Waals surface area (Å²) in [6.07, 6.45) is 3.74. The molecule has 0 bridgehead atoms. The molecule has 120 valence electrons. The molecule has 0 spiro atoms. The molecule has 0 atom stereocenters. The second-order valence-electron chi connectivity index (χ2n) is 9.26. The second kappa shape index (κ2) is 4.40. The van der Waals surface area contributed by atoms with Crippen LogP contribution in [0.5, 0.6) is 0 Å². The van der Waals surface area contributed by atoms with E-state index in [1.165, 1.54) is 36.1 Å². The van der Waals surface area contributed by atoms with Crippen molar-refractivity contribution in [3.63, 3.8) is 0 Å². The number of hydrogen-bond donors (Lipinski definition) is 1. The Morgan fingerprint density at radius 1 is 1.05 bits per heavy atom. The molecule has 2 aliphatic rings. The van der Waals surface area contributed by atoms with Gasteiger partial charge in [0.2, 0.25) is 0 Å². The first-order chi connectivity index (χ1) is 9.96. The Bertz CT molecular complexity index is 653. The lowest BCUT2D eigenvalue weighted by Gasteiger charge is -2.47. The van der Waals surface area contributed by atoms with Gasteiger partial charge >= 0.3 is 0 Å². The lowest BCUT2D eigenvalue weighted by atomic mass is 9.65. The van der Waals surface area contributed by atoms with Crippen molar-refractivity contribution >= 4 is 5.69 Å². The molecular weight excluding hydrogens is 266 g/mol. The van der Waals surface area contributed by atoms with Gasteiger partial charge in [-0.1, -0.05) is 47.3 Å². The molecule has 0 unspecified atom stereocenters. The van der Waals surface area contributed by atoms with Crippen LogP contribution >= 0.6 is 0 Å². The van der Waals surface area contributed by atoms with E-state index in [9.17, 15) is 0 Å². The molecule has 0 fully saturated rings. The van der Waals surface area contributed by atoms with Crippen molar-refractivity contribution in [2.75, 3.05) is 5.32 Å². The zero-order chi connectivity index (χ0) is 16.5. The van der Waals surface area contributed by atoms with Gasteiger partial charge in [0.05, 0.1) is 5.54 Å². The molecule has 1 aromatic rings. The SMILES string of the molecule is C=C1C(C)(C)Nc2c(cc(C(C)(C)C)c3c2CCC3)C1(C)C. The molecule has 1 heteroatoms. The Morgan fingerprint density at radius 3 is 2.23 bits per heavy atom. The predicted molar refractivity (Wildman–Crippen MR) is 97.0 cm³/mol. The van der Waals surface area contributed by atoms with Crippen LogP contribution in [0.1, 0.15) is 77.1 Å². The highest BCUT2D eigenvalue weighted by Crippen LogP contribution is 2.51. The molecule has 0 aromatic heterocycles. The molecule has 1 N–H and O–H groups in total. The second-order valence-corrected chi connectivity index (χ2v) is 9.26. The van der Waals surface area contributed by atoms with Crippen LogP contribution in [0.25, 0.3) is 0 Å². The number of anilines is 1. The Labute approximate surface area is 136 Å². The highest BCUT2D eigenvalue weighted by Gasteiger charge is 2.43. The maximum absolute atomic E-state index is 4.44. The Balaban J connectivity index is 2.34. The third-order valence-electron chi connectivity index (χ3n) is 5.83. The minimum Gasteiger partial charge on any atom is -0.376 e. The maximum atomic E-state index is 4.44. The van der Waals surface area contributed by atoms with Gasteiger partial charge in [0, 0.05) is 11.1 Å². The summed E-state index contributed by atoms with van der Waals surface area (Å²) in [7, 11) is 0. The molecule has 0 saturated heterocycles. The van der Waals surface area contributed by atoms with Gasteiger partial charge in [-0.2, -0.15) is 0 Å². The summed E-state index contributed by atoms with van der Waals surface area (Å²) in [5.41, 5.74) is 9.04. The van der Waals surface area contributed by atoms with E-state index in [2.05, 4.69) is 66.4 Å². The fourth-order valence-corrected chi connectivity index (χ4v) is 4.42. The van der Waals surface area contributed by atoms with Crippen LogP contribution < -0.4 is 5.32 Å². The fraction of sp³-hybridized carbons (Fsp3) is 0.619. The van der Waals surface area contributed by atoms with Gasteiger partial charge in [-0.05, 0) is 66.4 Å². The molecule has 22 heavy (non-hydrogen) atoms. The van der Waals surface area contributed by atoms with Crippen LogP contribution in [-0.2, 0) is 23.7 Å². The number of nitrogens with one attached hydrogen (secondary N) is 1. The van der Waals surface area contributed by atoms with Crippen molar-refractivity contribution in [3.8, 4) is 0 Å². The maximum Gasteiger partial charge on any atom is 0.0535 e. The van der Waals surface area contributed by atoms with Crippen LogP contribution in [-0.4, -0.2) is 5.54 Å². The van der Waals surface area contributed by atoms with E-state index >= 15 is 0 Å². The number of fused-ring (bicyclic) bond motifs is 3. The molecule has 1 heterocycles. The summed E-state index contributed by atoms with van der Waals surface area (Å²) < 4.78 is 0. The minimum atomic E-state index is -0.0455. The quantitative estimate of drug-likeness (QED) is 0.622. The highest BCUT2D eigenvalue weighted by atomic mass is 15.0. The van der Waals surface area contributed by atoms with Crippen molar-refractivity contribution in [3.05, 3.63) is 40.5 Å². The number of rotatable bonds is 0. The zero-order valence-electron chi connectivity index (χ0n) is 15.4. The van der Waals surface area contributed by atoms with Crippen LogP contribution in [0.3, 0.4) is 0 Å². The van der Waals surface area contributed by atoms with Gasteiger partial charge in [-0.15, -0.1) is 0 Å². The predicted octanol–water partition coefficient (Wildman–Crippen LogP) is 5.51. The van der Waals surface area contributed by atoms with Gasteiger partial charge in [0.1, 0.15) is 0 Å². The molecule has 3 rings (SSSR count). The lowest BCUT2D eigenvalue weighted by molar-refractivity contribution is 0.486. The molecule has 1 aromatic carbocycles. The zero-order valence-corrected chi connectivity index (χ0v) is 15.4. The molecule has 1 aliphatic heterocycles. The minimum absolute atomic E-state index is 0.0156. The molecular formula is C21H31N. The third kappa shape index (κ3) is 2.05. The van der Waals surface area contributed by atoms with Gasteiger partial charge in [0.25, 0.3) is 0 Å². The lowest BCUT2D eigenvalue weighted by Crippen LogP contribution is -2.46. The fourth-order valence-electron chi connectivity index (χ4n) is 4.42. The van der Waals surface area contributed by atoms with E-state index in [0.717, 1.165) is 0 Å². The highest BCUT2D eigenvalue weighted by molar-refractivity contribution is 5.73. The van der Waals surface area contributed by atoms with Gasteiger partial charge < -0.3 is 5.32 Å². The topological polar surface area (TPSA) is 12.0 Å². The molecule has 1 aliphatic carbocycles. The summed E-state index contributed by atoms with van der Waals surface area (Å²) in [6.45, 7) is 20.7. The van der Waals surface area contributed by atoms with Crippen molar-refractivity contribution in [1.29, 1.82) is 0 Å². The molecule has 0 amide bonds. The largest absolute Gasteiger partial charge is 0.376 e. The first kappa shape index (κ1) is 15.6. The average molecular weight is 297 g/mol. The smallest absolute Gasteiger partial charge is 0.0535 e. The summed E-state index contributed by atoms with van der Waals surface area (Å²) >= 11 is 0. The first-order valence-corrected chi connectivity index (χ1v) is 8.64. The van der Waals surface area contributed by atoms with Crippen molar-refractivity contribution in [2.24, 2.45) is 0 Å². The molecule has 1 nitrogen and oxygen atoms in total. The summed E-state index contributed by atoms with van der Waals surface area (Å²) in [5, 5.41) is 3.82. The first-order valence-electron chi connectivity index (χ1n) is 8.64. The number of hydrogen-bond acceptors (Lipinski definition) is 1. The Kier molecular flexibility index (Phi) is 3.13. The Hall–Kier alpha value is -1.24. The van der Waals surface area contributed by atoms with Crippen LogP contribution in [0, 0.1) is 0 Å². The standard InChI is InChI=1S/C21H31N/c1-13-20(5,6)17-12-16(19(2,3)4)14-10-9-11-15(14)18(17)22-21(13,7)8/h12,22H,1,9-11H2,2-8H3. The number of benzene rings is 1. The molecule has 0 saturated carbocycles. The van der Waals surface area contributed by atoms with Crippen molar-refractivity contribution in [1.82, 2.24) is 0 Å². The van der Waals surface area contributed by atoms with E-state index in [1.54, 1.807) is 16.7 Å². The van der Waals surface area contributed by atoms with Crippen LogP contribution in [0.4, 0.5) is 5.69 Å². The van der Waals surface area contributed by atoms with E-state index in [0.29, 0.717) is 0 Å². The van der Waals surface area contributed by atoms with Gasteiger partial charge in [-0.25, -0.2) is 0 Å². The van der Waals surface area contributed by atoms with E-state index in [4.69, 9.17) is 0 Å². The average Bonchev–Trinajstić information content (AvgIpc) is 2.83. The van der Waals surface area contributed by atoms with Gasteiger partial charge in [-0.3, -0.25) is 0 Å². The monoisotopic (exact) mass is 297 g/mol. The summed E-state index contributed by atoms with van der Waals surface area (Å²) in [4.78, 5) is 0. The van der Waals surface area contributed by atoms with Gasteiger partial charge in [0.15, 0.2) is 0 Å². The Morgan fingerprint density at radius 2 is 1.64 bits per heavy atom. The van der Waals surface area contributed by atoms with Crippen molar-refractivity contribution in [2.45, 2.75) is 84.1 Å². The van der Waals surface area contributed by atoms with Crippen molar-refractivity contribution < 1.29 is 0 Å². The van der Waals surface area contributed by atoms with E-state index < -0.39 is 0 Å². The summed E-state index contributed by atoms with van der Waals surface area (Å²) in [6, 6.07) is 2.48. The summed E-state index contributed by atoms with van der Waals surface area (Å²) in [5.74, 6) is 0. The molecule has 0 radical (unpaired) electrons. The van der Waals surface area contributed by atoms with Crippen LogP contribution in [0.2, 0.25) is 0 Å². The van der Waals surface area contributed by atoms with Crippen LogP contribution in [0.15, 0.2) is 18.2 Å². The van der Waals surface area contributed by atoms with E-state index in [-0.39, 0.29) is 16.4 Å². The van der Waals surface area contributed by atoms with E-state index in [1.807, 2.05) is 0 Å². The normalized spacial score (nSPS) is 22.0. The third-order valence-corrected chi connectivity index (χ3v) is 5.83.